The number of carbonyl (C=O) groups excluding carboxylic acids is 2. The SMILES string of the molecule is Cl.N[C@@H](C[C@@H]1CCNC1=O)C(=O)C1CCCO1. The van der Waals surface area contributed by atoms with Crippen LogP contribution in [0.25, 0.3) is 0 Å². The summed E-state index contributed by atoms with van der Waals surface area (Å²) in [4.78, 5) is 23.2. The van der Waals surface area contributed by atoms with Gasteiger partial charge in [0.25, 0.3) is 0 Å². The second-order valence-corrected chi connectivity index (χ2v) is 4.52. The van der Waals surface area contributed by atoms with Crippen LogP contribution in [0.2, 0.25) is 0 Å². The minimum atomic E-state index is -0.558. The van der Waals surface area contributed by atoms with Gasteiger partial charge in [-0.05, 0) is 25.7 Å². The van der Waals surface area contributed by atoms with Crippen molar-refractivity contribution in [2.75, 3.05) is 13.2 Å². The fourth-order valence-electron chi connectivity index (χ4n) is 2.33. The Labute approximate surface area is 107 Å². The van der Waals surface area contributed by atoms with Crippen molar-refractivity contribution in [2.24, 2.45) is 11.7 Å². The highest BCUT2D eigenvalue weighted by Gasteiger charge is 2.32. The number of hydrogen-bond donors (Lipinski definition) is 2. The first kappa shape index (κ1) is 14.4. The highest BCUT2D eigenvalue weighted by molar-refractivity contribution is 5.89. The Morgan fingerprint density at radius 2 is 2.29 bits per heavy atom. The Balaban J connectivity index is 0.00000144. The van der Waals surface area contributed by atoms with Gasteiger partial charge in [0.2, 0.25) is 5.91 Å². The van der Waals surface area contributed by atoms with Gasteiger partial charge in [-0.2, -0.15) is 0 Å². The predicted molar refractivity (Wildman–Crippen MR) is 64.9 cm³/mol. The number of nitrogens with one attached hydrogen (secondary N) is 1. The number of carbonyl (C=O) groups is 2. The number of amides is 1. The second kappa shape index (κ2) is 6.33. The quantitative estimate of drug-likeness (QED) is 0.748. The van der Waals surface area contributed by atoms with Crippen LogP contribution in [0.3, 0.4) is 0 Å². The lowest BCUT2D eigenvalue weighted by atomic mass is 9.94. The summed E-state index contributed by atoms with van der Waals surface area (Å²) in [6.07, 6.45) is 2.59. The highest BCUT2D eigenvalue weighted by atomic mass is 35.5. The zero-order valence-electron chi connectivity index (χ0n) is 9.69. The second-order valence-electron chi connectivity index (χ2n) is 4.52. The predicted octanol–water partition coefficient (Wildman–Crippen LogP) is 0.00980. The van der Waals surface area contributed by atoms with Gasteiger partial charge in [0, 0.05) is 19.1 Å². The van der Waals surface area contributed by atoms with Crippen LogP contribution in [0, 0.1) is 5.92 Å². The normalized spacial score (nSPS) is 29.6. The zero-order chi connectivity index (χ0) is 11.5. The Hall–Kier alpha value is -0.650. The van der Waals surface area contributed by atoms with E-state index >= 15 is 0 Å². The zero-order valence-corrected chi connectivity index (χ0v) is 10.5. The van der Waals surface area contributed by atoms with Crippen molar-refractivity contribution in [2.45, 2.75) is 37.8 Å². The van der Waals surface area contributed by atoms with E-state index in [1.807, 2.05) is 0 Å². The van der Waals surface area contributed by atoms with Crippen LogP contribution in [0.5, 0.6) is 0 Å². The number of Topliss-reactive ketones (excluding diaryl/α,β-unsaturated/α-hetero) is 1. The van der Waals surface area contributed by atoms with Crippen molar-refractivity contribution in [1.29, 1.82) is 0 Å². The Morgan fingerprint density at radius 3 is 2.82 bits per heavy atom. The molecule has 0 radical (unpaired) electrons. The lowest BCUT2D eigenvalue weighted by Crippen LogP contribution is -2.40. The molecule has 2 aliphatic heterocycles. The van der Waals surface area contributed by atoms with Gasteiger partial charge in [-0.15, -0.1) is 12.4 Å². The van der Waals surface area contributed by atoms with Crippen molar-refractivity contribution in [1.82, 2.24) is 5.32 Å². The first-order valence-electron chi connectivity index (χ1n) is 5.87. The summed E-state index contributed by atoms with van der Waals surface area (Å²) in [5.41, 5.74) is 5.83. The minimum absolute atomic E-state index is 0. The van der Waals surface area contributed by atoms with Gasteiger partial charge >= 0.3 is 0 Å². The largest absolute Gasteiger partial charge is 0.370 e. The van der Waals surface area contributed by atoms with Crippen LogP contribution in [0.15, 0.2) is 0 Å². The third-order valence-electron chi connectivity index (χ3n) is 3.31. The summed E-state index contributed by atoms with van der Waals surface area (Å²) in [5.74, 6) is -0.117. The average Bonchev–Trinajstić information content (AvgIpc) is 2.89. The molecule has 2 heterocycles. The molecule has 0 spiro atoms. The van der Waals surface area contributed by atoms with E-state index in [1.165, 1.54) is 0 Å². The van der Waals surface area contributed by atoms with Crippen LogP contribution < -0.4 is 11.1 Å². The molecule has 5 nitrogen and oxygen atoms in total. The third kappa shape index (κ3) is 3.40. The summed E-state index contributed by atoms with van der Waals surface area (Å²) in [6.45, 7) is 1.34. The van der Waals surface area contributed by atoms with E-state index in [9.17, 15) is 9.59 Å². The maximum absolute atomic E-state index is 11.9. The topological polar surface area (TPSA) is 81.4 Å². The lowest BCUT2D eigenvalue weighted by Gasteiger charge is -2.17. The summed E-state index contributed by atoms with van der Waals surface area (Å²) in [5, 5.41) is 2.75. The number of nitrogens with two attached hydrogens (primary N) is 1. The van der Waals surface area contributed by atoms with Gasteiger partial charge in [-0.1, -0.05) is 0 Å². The molecule has 0 bridgehead atoms. The molecule has 0 aromatic heterocycles. The molecule has 3 N–H and O–H groups in total. The van der Waals surface area contributed by atoms with Gasteiger partial charge in [-0.3, -0.25) is 9.59 Å². The van der Waals surface area contributed by atoms with Crippen LogP contribution in [-0.2, 0) is 14.3 Å². The first-order chi connectivity index (χ1) is 7.68. The van der Waals surface area contributed by atoms with E-state index in [-0.39, 0.29) is 36.1 Å². The summed E-state index contributed by atoms with van der Waals surface area (Å²) >= 11 is 0. The monoisotopic (exact) mass is 262 g/mol. The van der Waals surface area contributed by atoms with Crippen molar-refractivity contribution in [3.8, 4) is 0 Å². The molecule has 1 amide bonds. The molecule has 2 fully saturated rings. The minimum Gasteiger partial charge on any atom is -0.370 e. The molecule has 3 atom stereocenters. The van der Waals surface area contributed by atoms with Crippen LogP contribution in [-0.4, -0.2) is 37.0 Å². The van der Waals surface area contributed by atoms with E-state index in [4.69, 9.17) is 10.5 Å². The van der Waals surface area contributed by atoms with Gasteiger partial charge in [0.05, 0.1) is 6.04 Å². The number of rotatable bonds is 4. The lowest BCUT2D eigenvalue weighted by molar-refractivity contribution is -0.130. The molecular formula is C11H19ClN2O3. The first-order valence-corrected chi connectivity index (χ1v) is 5.87. The van der Waals surface area contributed by atoms with E-state index in [2.05, 4.69) is 5.32 Å². The highest BCUT2D eigenvalue weighted by Crippen LogP contribution is 2.19. The molecule has 1 unspecified atom stereocenters. The summed E-state index contributed by atoms with van der Waals surface area (Å²) in [6, 6.07) is -0.558. The van der Waals surface area contributed by atoms with Gasteiger partial charge < -0.3 is 15.8 Å². The molecule has 17 heavy (non-hydrogen) atoms. The van der Waals surface area contributed by atoms with Crippen LogP contribution in [0.4, 0.5) is 0 Å². The van der Waals surface area contributed by atoms with E-state index in [0.29, 0.717) is 19.6 Å². The fourth-order valence-corrected chi connectivity index (χ4v) is 2.33. The standard InChI is InChI=1S/C11H18N2O3.ClH/c12-8(6-7-3-4-13-11(7)15)10(14)9-2-1-5-16-9;/h7-9H,1-6,12H2,(H,13,15);1H/t7-,8-,9?;/m0./s1. The molecule has 0 aromatic rings. The molecule has 6 heteroatoms. The fraction of sp³-hybridized carbons (Fsp3) is 0.818. The van der Waals surface area contributed by atoms with E-state index < -0.39 is 6.04 Å². The number of ether oxygens (including phenoxy) is 1. The Kier molecular flexibility index (Phi) is 5.36. The molecule has 0 aliphatic carbocycles. The maximum atomic E-state index is 11.9. The van der Waals surface area contributed by atoms with Gasteiger partial charge in [-0.25, -0.2) is 0 Å². The summed E-state index contributed by atoms with van der Waals surface area (Å²) in [7, 11) is 0. The molecule has 2 saturated heterocycles. The van der Waals surface area contributed by atoms with Crippen molar-refractivity contribution >= 4 is 24.1 Å². The molecule has 2 rings (SSSR count). The Morgan fingerprint density at radius 1 is 1.53 bits per heavy atom. The van der Waals surface area contributed by atoms with Gasteiger partial charge in [0.15, 0.2) is 5.78 Å². The maximum Gasteiger partial charge on any atom is 0.223 e. The number of hydrogen-bond acceptors (Lipinski definition) is 4. The molecule has 98 valence electrons. The third-order valence-corrected chi connectivity index (χ3v) is 3.31. The molecule has 2 aliphatic rings. The Bertz CT molecular complexity index is 292. The molecule has 0 aromatic carbocycles. The number of halogens is 1. The summed E-state index contributed by atoms with van der Waals surface area (Å²) < 4.78 is 5.30. The van der Waals surface area contributed by atoms with Crippen molar-refractivity contribution < 1.29 is 14.3 Å². The smallest absolute Gasteiger partial charge is 0.223 e. The van der Waals surface area contributed by atoms with Crippen LogP contribution in [0.1, 0.15) is 25.7 Å². The van der Waals surface area contributed by atoms with Crippen molar-refractivity contribution in [3.05, 3.63) is 0 Å². The van der Waals surface area contributed by atoms with Crippen LogP contribution >= 0.6 is 12.4 Å². The molecule has 0 saturated carbocycles. The van der Waals surface area contributed by atoms with E-state index in [1.54, 1.807) is 0 Å². The average molecular weight is 263 g/mol. The molecular weight excluding hydrogens is 244 g/mol. The van der Waals surface area contributed by atoms with E-state index in [0.717, 1.165) is 19.3 Å². The van der Waals surface area contributed by atoms with Gasteiger partial charge in [0.1, 0.15) is 6.10 Å². The number of ketones is 1. The van der Waals surface area contributed by atoms with Crippen molar-refractivity contribution in [3.63, 3.8) is 0 Å².